The van der Waals surface area contributed by atoms with Gasteiger partial charge in [0.2, 0.25) is 5.91 Å². The Hall–Kier alpha value is -2.29. The van der Waals surface area contributed by atoms with Crippen molar-refractivity contribution in [2.24, 2.45) is 0 Å². The number of aromatic nitrogens is 3. The number of nitrogens with one attached hydrogen (secondary N) is 2. The van der Waals surface area contributed by atoms with Crippen LogP contribution in [-0.4, -0.2) is 39.0 Å². The Labute approximate surface area is 143 Å². The molecule has 2 N–H and O–H groups in total. The van der Waals surface area contributed by atoms with Crippen molar-refractivity contribution in [3.8, 4) is 0 Å². The predicted molar refractivity (Wildman–Crippen MR) is 87.7 cm³/mol. The molecule has 0 aliphatic heterocycles. The molecule has 0 saturated heterocycles. The zero-order chi connectivity index (χ0) is 16.9. The third-order valence-electron chi connectivity index (χ3n) is 3.50. The number of carbonyl (C=O) groups excluding carboxylic acids is 2. The van der Waals surface area contributed by atoms with E-state index in [4.69, 9.17) is 4.42 Å². The Bertz CT molecular complexity index is 709. The van der Waals surface area contributed by atoms with Crippen LogP contribution in [0.3, 0.4) is 0 Å². The minimum Gasteiger partial charge on any atom is -0.467 e. The van der Waals surface area contributed by atoms with E-state index in [0.717, 1.165) is 24.4 Å². The van der Waals surface area contributed by atoms with E-state index in [1.807, 2.05) is 16.7 Å². The van der Waals surface area contributed by atoms with Crippen LogP contribution in [-0.2, 0) is 11.3 Å². The number of imide groups is 1. The largest absolute Gasteiger partial charge is 0.467 e. The minimum absolute atomic E-state index is 0.0953. The fourth-order valence-electron chi connectivity index (χ4n) is 2.25. The van der Waals surface area contributed by atoms with E-state index in [1.165, 1.54) is 11.8 Å². The van der Waals surface area contributed by atoms with Gasteiger partial charge in [0.15, 0.2) is 5.16 Å². The first-order valence-electron chi connectivity index (χ1n) is 7.83. The van der Waals surface area contributed by atoms with Crippen molar-refractivity contribution in [2.75, 3.05) is 12.3 Å². The monoisotopic (exact) mass is 349 g/mol. The molecule has 1 aliphatic rings. The number of carbonyl (C=O) groups is 2. The van der Waals surface area contributed by atoms with Gasteiger partial charge in [0.1, 0.15) is 11.6 Å². The first-order chi connectivity index (χ1) is 11.7. The van der Waals surface area contributed by atoms with Gasteiger partial charge in [0.05, 0.1) is 18.6 Å². The van der Waals surface area contributed by atoms with Gasteiger partial charge in [0.25, 0.3) is 0 Å². The Kier molecular flexibility index (Phi) is 5.19. The quantitative estimate of drug-likeness (QED) is 0.738. The minimum atomic E-state index is -0.487. The molecular formula is C15H19N5O3S. The van der Waals surface area contributed by atoms with Crippen LogP contribution in [0, 0.1) is 0 Å². The predicted octanol–water partition coefficient (Wildman–Crippen LogP) is 1.73. The fraction of sp³-hybridized carbons (Fsp3) is 0.467. The van der Waals surface area contributed by atoms with Crippen LogP contribution in [0.5, 0.6) is 0 Å². The molecule has 128 valence electrons. The molecule has 9 heteroatoms. The van der Waals surface area contributed by atoms with Crippen molar-refractivity contribution in [1.29, 1.82) is 0 Å². The average Bonchev–Trinajstić information content (AvgIpc) is 3.11. The van der Waals surface area contributed by atoms with E-state index in [2.05, 4.69) is 20.8 Å². The Morgan fingerprint density at radius 3 is 2.92 bits per heavy atom. The third kappa shape index (κ3) is 4.16. The molecule has 0 unspecified atom stereocenters. The highest BCUT2D eigenvalue weighted by Crippen LogP contribution is 2.40. The molecule has 1 saturated carbocycles. The maximum Gasteiger partial charge on any atom is 0.321 e. The normalized spacial score (nSPS) is 13.7. The molecule has 0 atom stereocenters. The third-order valence-corrected chi connectivity index (χ3v) is 4.47. The number of furan rings is 1. The highest BCUT2D eigenvalue weighted by Gasteiger charge is 2.30. The van der Waals surface area contributed by atoms with Crippen LogP contribution < -0.4 is 10.6 Å². The highest BCUT2D eigenvalue weighted by molar-refractivity contribution is 7.99. The lowest BCUT2D eigenvalue weighted by molar-refractivity contribution is -0.117. The summed E-state index contributed by atoms with van der Waals surface area (Å²) in [6, 6.07) is 3.24. The number of hydrogen-bond acceptors (Lipinski definition) is 6. The Balaban J connectivity index is 1.64. The molecule has 3 rings (SSSR count). The van der Waals surface area contributed by atoms with Crippen LogP contribution >= 0.6 is 11.8 Å². The summed E-state index contributed by atoms with van der Waals surface area (Å²) in [6.07, 6.45) is 3.85. The van der Waals surface area contributed by atoms with Crippen molar-refractivity contribution in [3.63, 3.8) is 0 Å². The van der Waals surface area contributed by atoms with Gasteiger partial charge in [-0.05, 0) is 31.9 Å². The molecule has 1 fully saturated rings. The van der Waals surface area contributed by atoms with E-state index in [-0.39, 0.29) is 11.7 Å². The second-order valence-electron chi connectivity index (χ2n) is 5.48. The van der Waals surface area contributed by atoms with Gasteiger partial charge >= 0.3 is 6.03 Å². The molecule has 2 aromatic rings. The highest BCUT2D eigenvalue weighted by atomic mass is 32.2. The number of urea groups is 1. The summed E-state index contributed by atoms with van der Waals surface area (Å²) in [5.74, 6) is 1.90. The van der Waals surface area contributed by atoms with E-state index >= 15 is 0 Å². The summed E-state index contributed by atoms with van der Waals surface area (Å²) in [4.78, 5) is 23.2. The van der Waals surface area contributed by atoms with Gasteiger partial charge in [-0.15, -0.1) is 10.2 Å². The maximum absolute atomic E-state index is 11.8. The second-order valence-corrected chi connectivity index (χ2v) is 6.42. The lowest BCUT2D eigenvalue weighted by Crippen LogP contribution is -2.40. The zero-order valence-corrected chi connectivity index (χ0v) is 14.1. The molecule has 3 amide bonds. The summed E-state index contributed by atoms with van der Waals surface area (Å²) >= 11 is 1.26. The second kappa shape index (κ2) is 7.52. The lowest BCUT2D eigenvalue weighted by atomic mass is 10.3. The number of amides is 3. The summed E-state index contributed by atoms with van der Waals surface area (Å²) in [7, 11) is 0. The molecule has 2 aromatic heterocycles. The van der Waals surface area contributed by atoms with E-state index in [0.29, 0.717) is 24.2 Å². The molecule has 8 nitrogen and oxygen atoms in total. The van der Waals surface area contributed by atoms with Gasteiger partial charge in [-0.2, -0.15) is 0 Å². The van der Waals surface area contributed by atoms with E-state index in [9.17, 15) is 9.59 Å². The average molecular weight is 349 g/mol. The molecule has 0 spiro atoms. The first kappa shape index (κ1) is 16.6. The molecule has 0 aromatic carbocycles. The molecule has 24 heavy (non-hydrogen) atoms. The van der Waals surface area contributed by atoms with Crippen LogP contribution in [0.4, 0.5) is 4.79 Å². The summed E-state index contributed by atoms with van der Waals surface area (Å²) in [5, 5.41) is 13.9. The Morgan fingerprint density at radius 1 is 1.42 bits per heavy atom. The van der Waals surface area contributed by atoms with Crippen molar-refractivity contribution >= 4 is 23.7 Å². The topological polar surface area (TPSA) is 102 Å². The van der Waals surface area contributed by atoms with Crippen molar-refractivity contribution in [2.45, 2.75) is 37.4 Å². The van der Waals surface area contributed by atoms with Crippen LogP contribution in [0.2, 0.25) is 0 Å². The summed E-state index contributed by atoms with van der Waals surface area (Å²) < 4.78 is 7.39. The van der Waals surface area contributed by atoms with Gasteiger partial charge in [-0.3, -0.25) is 14.7 Å². The molecule has 1 aliphatic carbocycles. The standard InChI is InChI=1S/C15H19N5O3S/c1-2-16-14(22)17-12(21)9-24-15-19-18-13(10-5-6-10)20(15)8-11-4-3-7-23-11/h3-4,7,10H,2,5-6,8-9H2,1H3,(H2,16,17,21,22). The zero-order valence-electron chi connectivity index (χ0n) is 13.3. The van der Waals surface area contributed by atoms with Gasteiger partial charge in [-0.25, -0.2) is 4.79 Å². The van der Waals surface area contributed by atoms with Crippen LogP contribution in [0.25, 0.3) is 0 Å². The SMILES string of the molecule is CCNC(=O)NC(=O)CSc1nnc(C2CC2)n1Cc1ccco1. The van der Waals surface area contributed by atoms with Crippen molar-refractivity contribution < 1.29 is 14.0 Å². The van der Waals surface area contributed by atoms with Crippen molar-refractivity contribution in [1.82, 2.24) is 25.4 Å². The summed E-state index contributed by atoms with van der Waals surface area (Å²) in [6.45, 7) is 2.79. The molecular weight excluding hydrogens is 330 g/mol. The van der Waals surface area contributed by atoms with Gasteiger partial charge < -0.3 is 9.73 Å². The number of hydrogen-bond donors (Lipinski definition) is 2. The van der Waals surface area contributed by atoms with E-state index in [1.54, 1.807) is 13.2 Å². The molecule has 0 bridgehead atoms. The fourth-order valence-corrected chi connectivity index (χ4v) is 3.00. The molecule has 2 heterocycles. The molecule has 0 radical (unpaired) electrons. The smallest absolute Gasteiger partial charge is 0.321 e. The van der Waals surface area contributed by atoms with Crippen LogP contribution in [0.15, 0.2) is 28.0 Å². The van der Waals surface area contributed by atoms with Crippen molar-refractivity contribution in [3.05, 3.63) is 30.0 Å². The van der Waals surface area contributed by atoms with Crippen LogP contribution in [0.1, 0.15) is 37.3 Å². The Morgan fingerprint density at radius 2 is 2.25 bits per heavy atom. The van der Waals surface area contributed by atoms with Gasteiger partial charge in [-0.1, -0.05) is 11.8 Å². The van der Waals surface area contributed by atoms with E-state index < -0.39 is 6.03 Å². The number of rotatable bonds is 7. The maximum atomic E-state index is 11.8. The van der Waals surface area contributed by atoms with Gasteiger partial charge in [0, 0.05) is 12.5 Å². The number of thioether (sulfide) groups is 1. The first-order valence-corrected chi connectivity index (χ1v) is 8.82. The lowest BCUT2D eigenvalue weighted by Gasteiger charge is -2.08. The summed E-state index contributed by atoms with van der Waals surface area (Å²) in [5.41, 5.74) is 0. The number of nitrogens with zero attached hydrogens (tertiary/aromatic N) is 3.